The van der Waals surface area contributed by atoms with Crippen molar-refractivity contribution in [3.8, 4) is 0 Å². The van der Waals surface area contributed by atoms with Gasteiger partial charge in [0.25, 0.3) is 0 Å². The van der Waals surface area contributed by atoms with Crippen molar-refractivity contribution in [1.29, 1.82) is 0 Å². The fourth-order valence-corrected chi connectivity index (χ4v) is 1.19. The summed E-state index contributed by atoms with van der Waals surface area (Å²) in [6.07, 6.45) is 10.0. The first kappa shape index (κ1) is 13.9. The molecule has 0 saturated carbocycles. The summed E-state index contributed by atoms with van der Waals surface area (Å²) in [7, 11) is 0. The molecule has 0 saturated heterocycles. The predicted molar refractivity (Wildman–Crippen MR) is 66.9 cm³/mol. The predicted octanol–water partition coefficient (Wildman–Crippen LogP) is 4.21. The van der Waals surface area contributed by atoms with Crippen LogP contribution in [0.15, 0.2) is 34.9 Å². The van der Waals surface area contributed by atoms with Crippen LogP contribution in [-0.2, 0) is 4.79 Å². The molecule has 0 spiro atoms. The third-order valence-electron chi connectivity index (χ3n) is 2.22. The number of allylic oxidation sites excluding steroid dienone is 6. The molecule has 0 aliphatic rings. The molecule has 0 aliphatic carbocycles. The summed E-state index contributed by atoms with van der Waals surface area (Å²) in [4.78, 5) is 10.2. The Morgan fingerprint density at radius 3 is 2.20 bits per heavy atom. The van der Waals surface area contributed by atoms with Gasteiger partial charge in [-0.05, 0) is 53.0 Å². The lowest BCUT2D eigenvalue weighted by molar-refractivity contribution is -0.104. The fraction of sp³-hybridized carbons (Fsp3) is 0.500. The summed E-state index contributed by atoms with van der Waals surface area (Å²) in [6, 6.07) is 0. The molecule has 0 atom stereocenters. The topological polar surface area (TPSA) is 17.1 Å². The van der Waals surface area contributed by atoms with Crippen LogP contribution in [0.25, 0.3) is 0 Å². The van der Waals surface area contributed by atoms with Crippen molar-refractivity contribution in [3.05, 3.63) is 34.9 Å². The van der Waals surface area contributed by atoms with Crippen LogP contribution in [0.1, 0.15) is 47.0 Å². The van der Waals surface area contributed by atoms with Crippen LogP contribution < -0.4 is 0 Å². The molecular formula is C14H22O. The molecule has 1 heteroatoms. The van der Waals surface area contributed by atoms with E-state index in [1.54, 1.807) is 6.08 Å². The van der Waals surface area contributed by atoms with Gasteiger partial charge in [-0.15, -0.1) is 0 Å². The Balaban J connectivity index is 3.91. The average molecular weight is 206 g/mol. The SMILES string of the molecule is CC(C)=CC/C(C)=C/CC/C(C)=C/C=O. The Morgan fingerprint density at radius 1 is 1.00 bits per heavy atom. The molecule has 0 unspecified atom stereocenters. The zero-order chi connectivity index (χ0) is 11.7. The fourth-order valence-electron chi connectivity index (χ4n) is 1.19. The van der Waals surface area contributed by atoms with Gasteiger partial charge < -0.3 is 0 Å². The van der Waals surface area contributed by atoms with Crippen molar-refractivity contribution in [2.75, 3.05) is 0 Å². The minimum Gasteiger partial charge on any atom is -0.299 e. The third kappa shape index (κ3) is 9.20. The van der Waals surface area contributed by atoms with Gasteiger partial charge in [-0.2, -0.15) is 0 Å². The molecular weight excluding hydrogens is 184 g/mol. The number of carbonyl (C=O) groups is 1. The van der Waals surface area contributed by atoms with Gasteiger partial charge in [-0.3, -0.25) is 4.79 Å². The normalized spacial score (nSPS) is 12.5. The first-order valence-corrected chi connectivity index (χ1v) is 5.46. The van der Waals surface area contributed by atoms with Crippen molar-refractivity contribution >= 4 is 6.29 Å². The molecule has 0 fully saturated rings. The van der Waals surface area contributed by atoms with E-state index in [4.69, 9.17) is 0 Å². The van der Waals surface area contributed by atoms with Crippen molar-refractivity contribution in [1.82, 2.24) is 0 Å². The van der Waals surface area contributed by atoms with Gasteiger partial charge in [0.1, 0.15) is 6.29 Å². The minimum absolute atomic E-state index is 0.856. The Labute approximate surface area is 93.6 Å². The van der Waals surface area contributed by atoms with E-state index in [1.165, 1.54) is 11.1 Å². The molecule has 84 valence electrons. The molecule has 0 N–H and O–H groups in total. The summed E-state index contributed by atoms with van der Waals surface area (Å²) >= 11 is 0. The van der Waals surface area contributed by atoms with E-state index in [0.29, 0.717) is 0 Å². The molecule has 0 radical (unpaired) electrons. The van der Waals surface area contributed by atoms with E-state index in [-0.39, 0.29) is 0 Å². The first-order valence-electron chi connectivity index (χ1n) is 5.46. The van der Waals surface area contributed by atoms with Gasteiger partial charge >= 0.3 is 0 Å². The third-order valence-corrected chi connectivity index (χ3v) is 2.22. The molecule has 0 aliphatic heterocycles. The number of aldehydes is 1. The van der Waals surface area contributed by atoms with Gasteiger partial charge in [0.2, 0.25) is 0 Å². The smallest absolute Gasteiger partial charge is 0.142 e. The number of carbonyl (C=O) groups excluding carboxylic acids is 1. The van der Waals surface area contributed by atoms with Gasteiger partial charge in [-0.1, -0.05) is 28.9 Å². The average Bonchev–Trinajstić information content (AvgIpc) is 2.15. The van der Waals surface area contributed by atoms with Gasteiger partial charge in [0, 0.05) is 0 Å². The van der Waals surface area contributed by atoms with Gasteiger partial charge in [0.05, 0.1) is 0 Å². The minimum atomic E-state index is 0.856. The summed E-state index contributed by atoms with van der Waals surface area (Å²) in [5.41, 5.74) is 3.91. The molecule has 0 amide bonds. The first-order chi connectivity index (χ1) is 7.06. The van der Waals surface area contributed by atoms with Crippen LogP contribution in [-0.4, -0.2) is 6.29 Å². The van der Waals surface area contributed by atoms with Gasteiger partial charge in [0.15, 0.2) is 0 Å². The lowest BCUT2D eigenvalue weighted by Gasteiger charge is -1.99. The van der Waals surface area contributed by atoms with E-state index in [1.807, 2.05) is 6.92 Å². The molecule has 0 aromatic rings. The standard InChI is InChI=1S/C14H22O/c1-12(2)8-9-13(3)6-5-7-14(4)10-11-15/h6,8,10-11H,5,7,9H2,1-4H3/b13-6+,14-10+. The second-order valence-corrected chi connectivity index (χ2v) is 4.22. The molecule has 0 bridgehead atoms. The highest BCUT2D eigenvalue weighted by Crippen LogP contribution is 2.09. The molecule has 15 heavy (non-hydrogen) atoms. The van der Waals surface area contributed by atoms with E-state index in [0.717, 1.165) is 31.1 Å². The highest BCUT2D eigenvalue weighted by atomic mass is 16.1. The van der Waals surface area contributed by atoms with Crippen molar-refractivity contribution in [3.63, 3.8) is 0 Å². The Bertz CT molecular complexity index is 276. The van der Waals surface area contributed by atoms with Crippen LogP contribution >= 0.6 is 0 Å². The molecule has 0 aromatic carbocycles. The molecule has 1 nitrogen and oxygen atoms in total. The van der Waals surface area contributed by atoms with Crippen LogP contribution in [0, 0.1) is 0 Å². The monoisotopic (exact) mass is 206 g/mol. The van der Waals surface area contributed by atoms with E-state index in [2.05, 4.69) is 32.9 Å². The summed E-state index contributed by atoms with van der Waals surface area (Å²) < 4.78 is 0. The molecule has 0 rings (SSSR count). The lowest BCUT2D eigenvalue weighted by atomic mass is 10.1. The maximum atomic E-state index is 10.2. The highest BCUT2D eigenvalue weighted by molar-refractivity contribution is 5.65. The summed E-state index contributed by atoms with van der Waals surface area (Å²) in [5, 5.41) is 0. The van der Waals surface area contributed by atoms with E-state index >= 15 is 0 Å². The van der Waals surface area contributed by atoms with Crippen LogP contribution in [0.4, 0.5) is 0 Å². The molecule has 0 heterocycles. The zero-order valence-electron chi connectivity index (χ0n) is 10.3. The van der Waals surface area contributed by atoms with E-state index < -0.39 is 0 Å². The van der Waals surface area contributed by atoms with Crippen LogP contribution in [0.2, 0.25) is 0 Å². The number of rotatable bonds is 6. The van der Waals surface area contributed by atoms with Crippen LogP contribution in [0.5, 0.6) is 0 Å². The second kappa shape index (κ2) is 8.22. The summed E-state index contributed by atoms with van der Waals surface area (Å²) in [6.45, 7) is 8.38. The van der Waals surface area contributed by atoms with E-state index in [9.17, 15) is 4.79 Å². The van der Waals surface area contributed by atoms with Gasteiger partial charge in [-0.25, -0.2) is 0 Å². The number of hydrogen-bond donors (Lipinski definition) is 0. The largest absolute Gasteiger partial charge is 0.299 e. The van der Waals surface area contributed by atoms with Crippen LogP contribution in [0.3, 0.4) is 0 Å². The maximum Gasteiger partial charge on any atom is 0.142 e. The highest BCUT2D eigenvalue weighted by Gasteiger charge is 1.90. The van der Waals surface area contributed by atoms with Crippen molar-refractivity contribution < 1.29 is 4.79 Å². The second-order valence-electron chi connectivity index (χ2n) is 4.22. The lowest BCUT2D eigenvalue weighted by Crippen LogP contribution is -1.80. The quantitative estimate of drug-likeness (QED) is 0.361. The Kier molecular flexibility index (Phi) is 7.61. The maximum absolute atomic E-state index is 10.2. The Hall–Kier alpha value is -1.11. The van der Waals surface area contributed by atoms with Crippen molar-refractivity contribution in [2.24, 2.45) is 0 Å². The van der Waals surface area contributed by atoms with Crippen molar-refractivity contribution in [2.45, 2.75) is 47.0 Å². The zero-order valence-corrected chi connectivity index (χ0v) is 10.3. The Morgan fingerprint density at radius 2 is 1.67 bits per heavy atom. The summed E-state index contributed by atoms with van der Waals surface area (Å²) in [5.74, 6) is 0. The number of hydrogen-bond acceptors (Lipinski definition) is 1. The molecule has 0 aromatic heterocycles.